The van der Waals surface area contributed by atoms with E-state index in [-0.39, 0.29) is 26.3 Å². The molecule has 1 aromatic carbocycles. The Labute approximate surface area is 144 Å². The van der Waals surface area contributed by atoms with Gasteiger partial charge in [-0.3, -0.25) is 14.5 Å². The van der Waals surface area contributed by atoms with E-state index < -0.39 is 23.4 Å². The molecular weight excluding hydrogens is 326 g/mol. The molecule has 0 radical (unpaired) electrons. The number of nitrogens with one attached hydrogen (secondary N) is 2. The van der Waals surface area contributed by atoms with Crippen molar-refractivity contribution in [1.82, 2.24) is 15.5 Å². The van der Waals surface area contributed by atoms with Crippen LogP contribution in [0.3, 0.4) is 0 Å². The lowest BCUT2D eigenvalue weighted by atomic mass is 9.92. The molecule has 0 saturated carbocycles. The van der Waals surface area contributed by atoms with E-state index in [0.29, 0.717) is 11.5 Å². The van der Waals surface area contributed by atoms with Gasteiger partial charge in [0.15, 0.2) is 11.5 Å². The zero-order valence-corrected chi connectivity index (χ0v) is 13.6. The Bertz CT molecular complexity index is 785. The van der Waals surface area contributed by atoms with Gasteiger partial charge in [0.2, 0.25) is 12.7 Å². The van der Waals surface area contributed by atoms with Crippen LogP contribution in [0, 0.1) is 12.3 Å². The van der Waals surface area contributed by atoms with Gasteiger partial charge < -0.3 is 20.1 Å². The predicted molar refractivity (Wildman–Crippen MR) is 86.8 cm³/mol. The Morgan fingerprint density at radius 2 is 2.16 bits per heavy atom. The molecule has 0 unspecified atom stereocenters. The molecule has 130 valence electrons. The van der Waals surface area contributed by atoms with Crippen molar-refractivity contribution in [3.05, 3.63) is 23.8 Å². The van der Waals surface area contributed by atoms with E-state index >= 15 is 0 Å². The minimum absolute atomic E-state index is 0.0386. The van der Waals surface area contributed by atoms with Crippen molar-refractivity contribution in [2.75, 3.05) is 19.9 Å². The molecule has 25 heavy (non-hydrogen) atoms. The highest BCUT2D eigenvalue weighted by Crippen LogP contribution is 2.34. The molecule has 1 aromatic rings. The number of carbonyl (C=O) groups excluding carboxylic acids is 3. The second-order valence-corrected chi connectivity index (χ2v) is 6.00. The molecule has 1 fully saturated rings. The maximum absolute atomic E-state index is 12.7. The van der Waals surface area contributed by atoms with Crippen molar-refractivity contribution in [2.45, 2.75) is 18.9 Å². The van der Waals surface area contributed by atoms with Gasteiger partial charge in [0.25, 0.3) is 5.91 Å². The minimum atomic E-state index is -1.14. The van der Waals surface area contributed by atoms with Crippen LogP contribution >= 0.6 is 0 Å². The van der Waals surface area contributed by atoms with Crippen LogP contribution < -0.4 is 20.1 Å². The first-order valence-corrected chi connectivity index (χ1v) is 7.66. The smallest absolute Gasteiger partial charge is 0.325 e. The lowest BCUT2D eigenvalue weighted by molar-refractivity contribution is -0.134. The van der Waals surface area contributed by atoms with E-state index in [1.165, 1.54) is 0 Å². The molecule has 2 aliphatic rings. The Balaban J connectivity index is 1.71. The number of terminal acetylenes is 1. The second kappa shape index (κ2) is 6.36. The molecule has 0 aliphatic carbocycles. The van der Waals surface area contributed by atoms with Crippen molar-refractivity contribution in [1.29, 1.82) is 0 Å². The van der Waals surface area contributed by atoms with Crippen LogP contribution in [-0.4, -0.2) is 48.2 Å². The largest absolute Gasteiger partial charge is 0.454 e. The van der Waals surface area contributed by atoms with Gasteiger partial charge in [-0.05, 0) is 24.6 Å². The maximum atomic E-state index is 12.7. The molecule has 8 heteroatoms. The van der Waals surface area contributed by atoms with Gasteiger partial charge in [-0.2, -0.15) is 0 Å². The number of carbonyl (C=O) groups is 3. The topological polar surface area (TPSA) is 97.0 Å². The van der Waals surface area contributed by atoms with Gasteiger partial charge in [-0.1, -0.05) is 12.0 Å². The zero-order chi connectivity index (χ0) is 18.0. The molecule has 0 spiro atoms. The summed E-state index contributed by atoms with van der Waals surface area (Å²) < 4.78 is 10.6. The SMILES string of the molecule is C#CCNC(=O)CN1C(=O)N[C@](C)(Cc2ccc3c(c2)OCO3)C1=O. The Morgan fingerprint density at radius 1 is 1.40 bits per heavy atom. The monoisotopic (exact) mass is 343 g/mol. The van der Waals surface area contributed by atoms with E-state index in [1.807, 2.05) is 0 Å². The summed E-state index contributed by atoms with van der Waals surface area (Å²) in [4.78, 5) is 37.4. The quantitative estimate of drug-likeness (QED) is 0.580. The Morgan fingerprint density at radius 3 is 2.92 bits per heavy atom. The average Bonchev–Trinajstić information content (AvgIpc) is 3.11. The van der Waals surface area contributed by atoms with Crippen LogP contribution in [0.5, 0.6) is 11.5 Å². The molecule has 3 rings (SSSR count). The van der Waals surface area contributed by atoms with Crippen LogP contribution in [0.2, 0.25) is 0 Å². The number of urea groups is 1. The molecule has 8 nitrogen and oxygen atoms in total. The van der Waals surface area contributed by atoms with Crippen LogP contribution in [0.25, 0.3) is 0 Å². The van der Waals surface area contributed by atoms with Gasteiger partial charge in [-0.15, -0.1) is 6.42 Å². The Kier molecular flexibility index (Phi) is 4.23. The van der Waals surface area contributed by atoms with Crippen LogP contribution in [0.4, 0.5) is 4.79 Å². The van der Waals surface area contributed by atoms with Crippen molar-refractivity contribution in [3.63, 3.8) is 0 Å². The normalized spacial score (nSPS) is 21.0. The fraction of sp³-hybridized carbons (Fsp3) is 0.353. The first-order chi connectivity index (χ1) is 11.9. The molecule has 1 atom stereocenters. The third-order valence-corrected chi connectivity index (χ3v) is 4.03. The molecular formula is C17H17N3O5. The second-order valence-electron chi connectivity index (χ2n) is 6.00. The molecule has 4 amide bonds. The molecule has 0 aromatic heterocycles. The van der Waals surface area contributed by atoms with Crippen LogP contribution in [-0.2, 0) is 16.0 Å². The summed E-state index contributed by atoms with van der Waals surface area (Å²) in [6, 6.07) is 4.73. The molecule has 2 N–H and O–H groups in total. The lowest BCUT2D eigenvalue weighted by Gasteiger charge is -2.21. The summed E-state index contributed by atoms with van der Waals surface area (Å²) in [5.41, 5.74) is -0.337. The molecule has 1 saturated heterocycles. The number of benzene rings is 1. The summed E-state index contributed by atoms with van der Waals surface area (Å²) in [6.45, 7) is 1.45. The number of hydrogen-bond donors (Lipinski definition) is 2. The fourth-order valence-electron chi connectivity index (χ4n) is 2.82. The summed E-state index contributed by atoms with van der Waals surface area (Å²) >= 11 is 0. The number of fused-ring (bicyclic) bond motifs is 1. The number of rotatable bonds is 5. The number of hydrogen-bond acceptors (Lipinski definition) is 5. The number of nitrogens with zero attached hydrogens (tertiary/aromatic N) is 1. The fourth-order valence-corrected chi connectivity index (χ4v) is 2.82. The van der Waals surface area contributed by atoms with E-state index in [1.54, 1.807) is 25.1 Å². The maximum Gasteiger partial charge on any atom is 0.325 e. The average molecular weight is 343 g/mol. The van der Waals surface area contributed by atoms with Gasteiger partial charge in [0, 0.05) is 6.42 Å². The predicted octanol–water partition coefficient (Wildman–Crippen LogP) is 0.0177. The summed E-state index contributed by atoms with van der Waals surface area (Å²) in [6.07, 6.45) is 5.32. The third kappa shape index (κ3) is 3.21. The summed E-state index contributed by atoms with van der Waals surface area (Å²) in [5.74, 6) is 2.54. The molecule has 0 bridgehead atoms. The van der Waals surface area contributed by atoms with Gasteiger partial charge >= 0.3 is 6.03 Å². The van der Waals surface area contributed by atoms with Gasteiger partial charge in [0.1, 0.15) is 12.1 Å². The first-order valence-electron chi connectivity index (χ1n) is 7.66. The van der Waals surface area contributed by atoms with Crippen molar-refractivity contribution >= 4 is 17.8 Å². The molecule has 2 heterocycles. The van der Waals surface area contributed by atoms with Crippen molar-refractivity contribution < 1.29 is 23.9 Å². The van der Waals surface area contributed by atoms with E-state index in [0.717, 1.165) is 10.5 Å². The highest BCUT2D eigenvalue weighted by Gasteiger charge is 2.48. The Hall–Kier alpha value is -3.21. The number of amides is 4. The minimum Gasteiger partial charge on any atom is -0.454 e. The highest BCUT2D eigenvalue weighted by atomic mass is 16.7. The number of ether oxygens (including phenoxy) is 2. The van der Waals surface area contributed by atoms with E-state index in [9.17, 15) is 14.4 Å². The van der Waals surface area contributed by atoms with Crippen LogP contribution in [0.15, 0.2) is 18.2 Å². The standard InChI is InChI=1S/C17H17N3O5/c1-3-6-18-14(21)9-20-15(22)17(2,19-16(20)23)8-11-4-5-12-13(7-11)25-10-24-12/h1,4-5,7H,6,8-10H2,2H3,(H,18,21)(H,19,23)/t17-/m1/s1. The van der Waals surface area contributed by atoms with Crippen LogP contribution in [0.1, 0.15) is 12.5 Å². The highest BCUT2D eigenvalue weighted by molar-refractivity contribution is 6.08. The van der Waals surface area contributed by atoms with Gasteiger partial charge in [-0.25, -0.2) is 4.79 Å². The first kappa shape index (κ1) is 16.6. The van der Waals surface area contributed by atoms with Gasteiger partial charge in [0.05, 0.1) is 6.54 Å². The zero-order valence-electron chi connectivity index (χ0n) is 13.6. The molecule has 2 aliphatic heterocycles. The number of imide groups is 1. The summed E-state index contributed by atoms with van der Waals surface area (Å²) in [5, 5.41) is 5.08. The van der Waals surface area contributed by atoms with Crippen molar-refractivity contribution in [3.8, 4) is 23.8 Å². The lowest BCUT2D eigenvalue weighted by Crippen LogP contribution is -2.46. The third-order valence-electron chi connectivity index (χ3n) is 4.03. The van der Waals surface area contributed by atoms with E-state index in [2.05, 4.69) is 16.6 Å². The van der Waals surface area contributed by atoms with Crippen molar-refractivity contribution in [2.24, 2.45) is 0 Å². The van der Waals surface area contributed by atoms with E-state index in [4.69, 9.17) is 15.9 Å². The summed E-state index contributed by atoms with van der Waals surface area (Å²) in [7, 11) is 0.